The average Bonchev–Trinajstić information content (AvgIpc) is 3.32. The van der Waals surface area contributed by atoms with Crippen LogP contribution in [0, 0.1) is 0 Å². The van der Waals surface area contributed by atoms with Crippen molar-refractivity contribution in [2.75, 3.05) is 12.4 Å². The van der Waals surface area contributed by atoms with Crippen LogP contribution in [0.3, 0.4) is 0 Å². The van der Waals surface area contributed by atoms with Gasteiger partial charge in [-0.3, -0.25) is 14.2 Å². The number of aromatic nitrogens is 1. The summed E-state index contributed by atoms with van der Waals surface area (Å²) in [5.41, 5.74) is 2.05. The molecule has 37 heavy (non-hydrogen) atoms. The van der Waals surface area contributed by atoms with Crippen LogP contribution < -0.4 is 24.9 Å². The zero-order chi connectivity index (χ0) is 26.6. The number of allylic oxidation sites excluding steroid dienone is 1. The number of hydrogen-bond donors (Lipinski definition) is 1. The summed E-state index contributed by atoms with van der Waals surface area (Å²) in [5, 5.41) is 3.23. The number of benzene rings is 2. The fraction of sp³-hybridized carbons (Fsp3) is 0.231. The lowest BCUT2D eigenvalue weighted by atomic mass is 9.95. The number of carbonyl (C=O) groups is 2. The summed E-state index contributed by atoms with van der Waals surface area (Å²) in [6.45, 7) is 5.20. The molecule has 0 spiro atoms. The number of anilines is 1. The van der Waals surface area contributed by atoms with Gasteiger partial charge in [0, 0.05) is 26.3 Å². The molecule has 0 saturated heterocycles. The van der Waals surface area contributed by atoms with Gasteiger partial charge in [0.2, 0.25) is 0 Å². The number of fused-ring (bicyclic) bond motifs is 2. The molecule has 3 aromatic rings. The second-order valence-corrected chi connectivity index (χ2v) is 11.1. The minimum atomic E-state index is -0.896. The van der Waals surface area contributed by atoms with Crippen LogP contribution in [-0.2, 0) is 14.3 Å². The van der Waals surface area contributed by atoms with Gasteiger partial charge in [0.05, 0.1) is 30.1 Å². The van der Waals surface area contributed by atoms with Crippen LogP contribution >= 0.6 is 38.9 Å². The number of nitrogens with zero attached hydrogens (tertiary/aromatic N) is 2. The maximum atomic E-state index is 14.1. The van der Waals surface area contributed by atoms with E-state index in [2.05, 4.69) is 26.2 Å². The molecule has 1 atom stereocenters. The number of amides is 1. The van der Waals surface area contributed by atoms with Gasteiger partial charge in [-0.1, -0.05) is 38.9 Å². The van der Waals surface area contributed by atoms with Gasteiger partial charge in [0.1, 0.15) is 16.3 Å². The van der Waals surface area contributed by atoms with Gasteiger partial charge >= 0.3 is 5.97 Å². The molecular formula is C26H21BrClN3O5S. The van der Waals surface area contributed by atoms with Crippen molar-refractivity contribution in [3.8, 4) is 5.75 Å². The molecule has 2 aliphatic heterocycles. The highest BCUT2D eigenvalue weighted by atomic mass is 79.9. The maximum absolute atomic E-state index is 14.1. The number of carbonyl (C=O) groups excluding carboxylic acids is 2. The minimum absolute atomic E-state index is 0.197. The highest BCUT2D eigenvalue weighted by Crippen LogP contribution is 2.38. The first-order chi connectivity index (χ1) is 17.6. The molecule has 0 bridgehead atoms. The average molecular weight is 603 g/mol. The molecule has 0 saturated carbocycles. The van der Waals surface area contributed by atoms with E-state index in [4.69, 9.17) is 21.1 Å². The van der Waals surface area contributed by atoms with Crippen LogP contribution in [0.4, 0.5) is 5.69 Å². The van der Waals surface area contributed by atoms with Gasteiger partial charge in [0.25, 0.3) is 11.5 Å². The number of hydrogen-bond acceptors (Lipinski definition) is 7. The van der Waals surface area contributed by atoms with Gasteiger partial charge in [-0.2, -0.15) is 0 Å². The van der Waals surface area contributed by atoms with Crippen LogP contribution in [0.2, 0.25) is 5.02 Å². The van der Waals surface area contributed by atoms with Crippen molar-refractivity contribution < 1.29 is 19.1 Å². The third-order valence-corrected chi connectivity index (χ3v) is 7.78. The fourth-order valence-corrected chi connectivity index (χ4v) is 6.18. The van der Waals surface area contributed by atoms with Crippen molar-refractivity contribution in [1.29, 1.82) is 0 Å². The lowest BCUT2D eigenvalue weighted by Gasteiger charge is -2.26. The van der Waals surface area contributed by atoms with Gasteiger partial charge in [-0.15, -0.1) is 0 Å². The number of halogens is 2. The monoisotopic (exact) mass is 601 g/mol. The van der Waals surface area contributed by atoms with E-state index in [0.29, 0.717) is 38.1 Å². The molecule has 1 N–H and O–H groups in total. The van der Waals surface area contributed by atoms with Crippen LogP contribution in [0.25, 0.3) is 5.57 Å². The molecule has 3 heterocycles. The van der Waals surface area contributed by atoms with Gasteiger partial charge in [-0.05, 0) is 57.2 Å². The van der Waals surface area contributed by atoms with E-state index in [1.807, 2.05) is 0 Å². The van der Waals surface area contributed by atoms with Crippen molar-refractivity contribution in [2.45, 2.75) is 32.9 Å². The van der Waals surface area contributed by atoms with E-state index in [1.165, 1.54) is 11.7 Å². The van der Waals surface area contributed by atoms with Crippen molar-refractivity contribution in [3.05, 3.63) is 88.0 Å². The Labute approximate surface area is 229 Å². The van der Waals surface area contributed by atoms with Crippen LogP contribution in [0.15, 0.2) is 61.9 Å². The number of methoxy groups -OCH3 is 1. The van der Waals surface area contributed by atoms with Crippen LogP contribution in [-0.4, -0.2) is 29.7 Å². The first kappa shape index (κ1) is 25.4. The topological polar surface area (TPSA) is 99.0 Å². The van der Waals surface area contributed by atoms with Crippen LogP contribution in [0.5, 0.6) is 5.75 Å². The number of rotatable bonds is 4. The Morgan fingerprint density at radius 3 is 2.68 bits per heavy atom. The molecule has 1 amide bonds. The summed E-state index contributed by atoms with van der Waals surface area (Å²) in [5.74, 6) is -0.516. The lowest BCUT2D eigenvalue weighted by molar-refractivity contribution is -0.143. The largest absolute Gasteiger partial charge is 0.496 e. The molecule has 2 aliphatic rings. The van der Waals surface area contributed by atoms with Crippen molar-refractivity contribution in [2.24, 2.45) is 4.99 Å². The Morgan fingerprint density at radius 1 is 1.22 bits per heavy atom. The Bertz CT molecular complexity index is 1710. The zero-order valence-electron chi connectivity index (χ0n) is 20.2. The highest BCUT2D eigenvalue weighted by molar-refractivity contribution is 9.10. The van der Waals surface area contributed by atoms with Crippen molar-refractivity contribution in [1.82, 2.24) is 4.57 Å². The molecule has 0 radical (unpaired) electrons. The van der Waals surface area contributed by atoms with Gasteiger partial charge < -0.3 is 14.8 Å². The summed E-state index contributed by atoms with van der Waals surface area (Å²) >= 11 is 10.8. The van der Waals surface area contributed by atoms with Crippen molar-refractivity contribution in [3.63, 3.8) is 0 Å². The summed E-state index contributed by atoms with van der Waals surface area (Å²) in [6.07, 6.45) is -0.381. The summed E-state index contributed by atoms with van der Waals surface area (Å²) in [4.78, 5) is 45.3. The molecule has 8 nitrogen and oxygen atoms in total. The van der Waals surface area contributed by atoms with E-state index in [1.54, 1.807) is 57.2 Å². The molecule has 0 aliphatic carbocycles. The van der Waals surface area contributed by atoms with Gasteiger partial charge in [-0.25, -0.2) is 9.79 Å². The third kappa shape index (κ3) is 4.32. The zero-order valence-corrected chi connectivity index (χ0v) is 23.4. The normalized spacial score (nSPS) is 17.8. The van der Waals surface area contributed by atoms with E-state index in [9.17, 15) is 14.4 Å². The minimum Gasteiger partial charge on any atom is -0.496 e. The lowest BCUT2D eigenvalue weighted by Crippen LogP contribution is -2.41. The quantitative estimate of drug-likeness (QED) is 0.457. The molecule has 190 valence electrons. The second-order valence-electron chi connectivity index (χ2n) is 8.76. The summed E-state index contributed by atoms with van der Waals surface area (Å²) in [6, 6.07) is 9.46. The fourth-order valence-electron chi connectivity index (χ4n) is 4.49. The second kappa shape index (κ2) is 9.59. The predicted molar refractivity (Wildman–Crippen MR) is 145 cm³/mol. The predicted octanol–water partition coefficient (Wildman–Crippen LogP) is 3.93. The smallest absolute Gasteiger partial charge is 0.338 e. The molecule has 0 unspecified atom stereocenters. The first-order valence-corrected chi connectivity index (χ1v) is 13.3. The van der Waals surface area contributed by atoms with Crippen molar-refractivity contribution >= 4 is 62.0 Å². The molecular weight excluding hydrogens is 582 g/mol. The van der Waals surface area contributed by atoms with E-state index in [-0.39, 0.29) is 21.8 Å². The Hall–Kier alpha value is -3.21. The number of esters is 1. The number of thiazole rings is 1. The maximum Gasteiger partial charge on any atom is 0.338 e. The van der Waals surface area contributed by atoms with Crippen LogP contribution in [0.1, 0.15) is 37.9 Å². The molecule has 5 rings (SSSR count). The number of nitrogens with one attached hydrogen (secondary N) is 1. The molecule has 1 aromatic heterocycles. The van der Waals surface area contributed by atoms with E-state index < -0.39 is 23.5 Å². The van der Waals surface area contributed by atoms with E-state index >= 15 is 0 Å². The first-order valence-electron chi connectivity index (χ1n) is 11.3. The molecule has 2 aromatic carbocycles. The molecule has 0 fully saturated rings. The summed E-state index contributed by atoms with van der Waals surface area (Å²) < 4.78 is 13.5. The highest BCUT2D eigenvalue weighted by Gasteiger charge is 2.37. The Morgan fingerprint density at radius 2 is 1.97 bits per heavy atom. The Kier molecular flexibility index (Phi) is 6.59. The third-order valence-electron chi connectivity index (χ3n) is 6.00. The summed E-state index contributed by atoms with van der Waals surface area (Å²) in [7, 11) is 1.52. The molecule has 11 heteroatoms. The number of ether oxygens (including phenoxy) is 2. The van der Waals surface area contributed by atoms with E-state index in [0.717, 1.165) is 15.8 Å². The standard InChI is InChI=1S/C26H21BrClN3O5S/c1-11(2)36-25(34)19-12(3)29-26-31(21(19)16-9-13(27)5-8-18(16)35-4)24(33)22(37-26)20-15-10-14(28)6-7-17(15)30-23(20)32/h5-11,21H,1-4H3,(H,30,32)/b22-20+/t21-/m1/s1. The Balaban J connectivity index is 1.85. The van der Waals surface area contributed by atoms with Gasteiger partial charge in [0.15, 0.2) is 4.80 Å². The SMILES string of the molecule is COc1ccc(Br)cc1[C@@H]1C(C(=O)OC(C)C)=C(C)N=c2s/c(=C3/C(=O)Nc4ccc(Cl)cc43)c(=O)n21.